The molecule has 1 unspecified atom stereocenters. The van der Waals surface area contributed by atoms with E-state index in [0.29, 0.717) is 0 Å². The summed E-state index contributed by atoms with van der Waals surface area (Å²) in [5, 5.41) is 12.3. The first kappa shape index (κ1) is 15.7. The molecule has 0 spiro atoms. The summed E-state index contributed by atoms with van der Waals surface area (Å²) >= 11 is 0. The van der Waals surface area contributed by atoms with Gasteiger partial charge in [-0.25, -0.2) is 0 Å². The first-order valence-electron chi connectivity index (χ1n) is 7.20. The van der Waals surface area contributed by atoms with Crippen molar-refractivity contribution in [3.05, 3.63) is 65.2 Å². The Balaban J connectivity index is 2.02. The van der Waals surface area contributed by atoms with Crippen LogP contribution in [-0.2, 0) is 11.2 Å². The van der Waals surface area contributed by atoms with E-state index in [-0.39, 0.29) is 17.7 Å². The number of amides is 1. The fourth-order valence-electron chi connectivity index (χ4n) is 2.20. The number of carbonyl (C=O) groups excluding carboxylic acids is 1. The molecule has 2 rings (SSSR count). The zero-order chi connectivity index (χ0) is 15.9. The maximum Gasteiger partial charge on any atom is 0.217 e. The lowest BCUT2D eigenvalue weighted by Crippen LogP contribution is -2.31. The van der Waals surface area contributed by atoms with Crippen LogP contribution in [0.1, 0.15) is 30.5 Å². The van der Waals surface area contributed by atoms with Crippen molar-refractivity contribution in [3.63, 3.8) is 0 Å². The Labute approximate surface area is 131 Å². The quantitative estimate of drug-likeness (QED) is 0.855. The molecular weight excluding hydrogens is 274 g/mol. The number of phenols is 1. The van der Waals surface area contributed by atoms with E-state index in [4.69, 9.17) is 0 Å². The third kappa shape index (κ3) is 4.99. The highest BCUT2D eigenvalue weighted by Gasteiger charge is 2.04. The van der Waals surface area contributed by atoms with Crippen LogP contribution >= 0.6 is 0 Å². The molecule has 0 radical (unpaired) electrons. The van der Waals surface area contributed by atoms with Crippen molar-refractivity contribution in [2.24, 2.45) is 0 Å². The summed E-state index contributed by atoms with van der Waals surface area (Å²) < 4.78 is 0. The van der Waals surface area contributed by atoms with E-state index in [1.807, 2.05) is 37.3 Å². The maximum absolute atomic E-state index is 11.0. The van der Waals surface area contributed by atoms with Crippen LogP contribution in [0.15, 0.2) is 48.5 Å². The predicted octanol–water partition coefficient (Wildman–Crippen LogP) is 2.86. The molecule has 3 heteroatoms. The molecule has 1 atom stereocenters. The number of nitrogens with one attached hydrogen (secondary N) is 1. The van der Waals surface area contributed by atoms with Gasteiger partial charge in [-0.3, -0.25) is 4.79 Å². The van der Waals surface area contributed by atoms with Gasteiger partial charge < -0.3 is 10.4 Å². The highest BCUT2D eigenvalue weighted by Crippen LogP contribution is 2.10. The SMILES string of the molecule is CC(=O)NC(C)Cc1ccc(C#Cc2cccc(O)c2)cc1. The summed E-state index contributed by atoms with van der Waals surface area (Å²) in [5.74, 6) is 6.30. The van der Waals surface area contributed by atoms with Gasteiger partial charge in [-0.05, 0) is 49.2 Å². The molecule has 0 saturated heterocycles. The Morgan fingerprint density at radius 2 is 1.82 bits per heavy atom. The second kappa shape index (κ2) is 7.33. The van der Waals surface area contributed by atoms with Gasteiger partial charge in [0.25, 0.3) is 0 Å². The van der Waals surface area contributed by atoms with E-state index >= 15 is 0 Å². The average molecular weight is 293 g/mol. The van der Waals surface area contributed by atoms with Gasteiger partial charge in [0.2, 0.25) is 5.91 Å². The van der Waals surface area contributed by atoms with Gasteiger partial charge in [0.05, 0.1) is 0 Å². The van der Waals surface area contributed by atoms with Crippen LogP contribution in [0.4, 0.5) is 0 Å². The third-order valence-electron chi connectivity index (χ3n) is 3.14. The Bertz CT molecular complexity index is 708. The normalized spacial score (nSPS) is 11.2. The van der Waals surface area contributed by atoms with Crippen molar-refractivity contribution in [2.75, 3.05) is 0 Å². The van der Waals surface area contributed by atoms with Crippen molar-refractivity contribution in [1.29, 1.82) is 0 Å². The zero-order valence-corrected chi connectivity index (χ0v) is 12.8. The molecule has 0 saturated carbocycles. The van der Waals surface area contributed by atoms with Gasteiger partial charge in [0.15, 0.2) is 0 Å². The van der Waals surface area contributed by atoms with Crippen LogP contribution in [0.25, 0.3) is 0 Å². The molecule has 0 aromatic heterocycles. The van der Waals surface area contributed by atoms with Gasteiger partial charge in [-0.15, -0.1) is 0 Å². The first-order valence-corrected chi connectivity index (χ1v) is 7.20. The summed E-state index contributed by atoms with van der Waals surface area (Å²) in [7, 11) is 0. The molecule has 1 amide bonds. The predicted molar refractivity (Wildman–Crippen MR) is 87.5 cm³/mol. The summed E-state index contributed by atoms with van der Waals surface area (Å²) in [6.45, 7) is 3.51. The molecule has 22 heavy (non-hydrogen) atoms. The van der Waals surface area contributed by atoms with Crippen molar-refractivity contribution < 1.29 is 9.90 Å². The van der Waals surface area contributed by atoms with Crippen molar-refractivity contribution in [2.45, 2.75) is 26.3 Å². The van der Waals surface area contributed by atoms with Crippen molar-refractivity contribution in [1.82, 2.24) is 5.32 Å². The third-order valence-corrected chi connectivity index (χ3v) is 3.14. The molecular formula is C19H19NO2. The van der Waals surface area contributed by atoms with E-state index in [2.05, 4.69) is 17.2 Å². The number of hydrogen-bond donors (Lipinski definition) is 2. The number of rotatable bonds is 3. The number of hydrogen-bond acceptors (Lipinski definition) is 2. The fourth-order valence-corrected chi connectivity index (χ4v) is 2.20. The number of carbonyl (C=O) groups is 1. The van der Waals surface area contributed by atoms with Crippen molar-refractivity contribution >= 4 is 5.91 Å². The van der Waals surface area contributed by atoms with Crippen LogP contribution in [0.3, 0.4) is 0 Å². The summed E-state index contributed by atoms with van der Waals surface area (Å²) in [5.41, 5.74) is 2.85. The lowest BCUT2D eigenvalue weighted by molar-refractivity contribution is -0.119. The Hall–Kier alpha value is -2.73. The summed E-state index contributed by atoms with van der Waals surface area (Å²) in [6, 6.07) is 15.0. The highest BCUT2D eigenvalue weighted by molar-refractivity contribution is 5.73. The molecule has 112 valence electrons. The van der Waals surface area contributed by atoms with Crippen molar-refractivity contribution in [3.8, 4) is 17.6 Å². The molecule has 0 aliphatic rings. The lowest BCUT2D eigenvalue weighted by Gasteiger charge is -2.12. The van der Waals surface area contributed by atoms with Gasteiger partial charge in [0, 0.05) is 24.1 Å². The molecule has 2 N–H and O–H groups in total. The van der Waals surface area contributed by atoms with Crippen LogP contribution < -0.4 is 5.32 Å². The molecule has 0 bridgehead atoms. The Morgan fingerprint density at radius 3 is 2.45 bits per heavy atom. The fraction of sp³-hybridized carbons (Fsp3) is 0.211. The first-order chi connectivity index (χ1) is 10.5. The lowest BCUT2D eigenvalue weighted by atomic mass is 10.0. The van der Waals surface area contributed by atoms with Crippen LogP contribution in [-0.4, -0.2) is 17.1 Å². The van der Waals surface area contributed by atoms with Gasteiger partial charge in [0.1, 0.15) is 5.75 Å². The Kier molecular flexibility index (Phi) is 5.21. The van der Waals surface area contributed by atoms with E-state index in [1.165, 1.54) is 6.92 Å². The molecule has 0 aliphatic carbocycles. The molecule has 2 aromatic carbocycles. The van der Waals surface area contributed by atoms with Gasteiger partial charge in [-0.1, -0.05) is 30.0 Å². The molecule has 0 heterocycles. The van der Waals surface area contributed by atoms with E-state index in [1.54, 1.807) is 18.2 Å². The van der Waals surface area contributed by atoms with Crippen LogP contribution in [0.2, 0.25) is 0 Å². The highest BCUT2D eigenvalue weighted by atomic mass is 16.3. The smallest absolute Gasteiger partial charge is 0.217 e. The maximum atomic E-state index is 11.0. The monoisotopic (exact) mass is 293 g/mol. The second-order valence-electron chi connectivity index (χ2n) is 5.30. The summed E-state index contributed by atoms with van der Waals surface area (Å²) in [6.07, 6.45) is 0.792. The van der Waals surface area contributed by atoms with E-state index in [9.17, 15) is 9.90 Å². The minimum absolute atomic E-state index is 0.0129. The number of aromatic hydroxyl groups is 1. The summed E-state index contributed by atoms with van der Waals surface area (Å²) in [4.78, 5) is 11.0. The Morgan fingerprint density at radius 1 is 1.14 bits per heavy atom. The van der Waals surface area contributed by atoms with Crippen LogP contribution in [0, 0.1) is 11.8 Å². The zero-order valence-electron chi connectivity index (χ0n) is 12.8. The van der Waals surface area contributed by atoms with E-state index < -0.39 is 0 Å². The van der Waals surface area contributed by atoms with Gasteiger partial charge in [-0.2, -0.15) is 0 Å². The second-order valence-corrected chi connectivity index (χ2v) is 5.30. The topological polar surface area (TPSA) is 49.3 Å². The number of benzene rings is 2. The molecule has 0 fully saturated rings. The molecule has 3 nitrogen and oxygen atoms in total. The van der Waals surface area contributed by atoms with Crippen LogP contribution in [0.5, 0.6) is 5.75 Å². The minimum Gasteiger partial charge on any atom is -0.508 e. The standard InChI is InChI=1S/C19H19NO2/c1-14(20-15(2)21)12-18-10-7-16(8-11-18)6-9-17-4-3-5-19(22)13-17/h3-5,7-8,10-11,13-14,22H,12H2,1-2H3,(H,20,21). The largest absolute Gasteiger partial charge is 0.508 e. The average Bonchev–Trinajstić information content (AvgIpc) is 2.46. The molecule has 0 aliphatic heterocycles. The number of phenolic OH excluding ortho intramolecular Hbond substituents is 1. The molecule has 2 aromatic rings. The minimum atomic E-state index is -0.0129. The van der Waals surface area contributed by atoms with Gasteiger partial charge >= 0.3 is 0 Å². The van der Waals surface area contributed by atoms with E-state index in [0.717, 1.165) is 23.1 Å².